The van der Waals surface area contributed by atoms with Gasteiger partial charge in [-0.05, 0) is 35.7 Å². The van der Waals surface area contributed by atoms with Gasteiger partial charge in [0.25, 0.3) is 0 Å². The van der Waals surface area contributed by atoms with Gasteiger partial charge in [0.15, 0.2) is 11.6 Å². The summed E-state index contributed by atoms with van der Waals surface area (Å²) in [5.41, 5.74) is 2.35. The molecule has 0 radical (unpaired) electrons. The number of aromatic nitrogens is 3. The molecule has 1 amide bonds. The lowest BCUT2D eigenvalue weighted by molar-refractivity contribution is -0.125. The van der Waals surface area contributed by atoms with Crippen LogP contribution in [0.5, 0.6) is 5.75 Å². The van der Waals surface area contributed by atoms with Crippen molar-refractivity contribution in [3.05, 3.63) is 90.0 Å². The topological polar surface area (TPSA) is 69.0 Å². The molecule has 2 heterocycles. The largest absolute Gasteiger partial charge is 0.487 e. The van der Waals surface area contributed by atoms with Gasteiger partial charge in [-0.2, -0.15) is 0 Å². The van der Waals surface area contributed by atoms with Gasteiger partial charge in [-0.1, -0.05) is 32.0 Å². The van der Waals surface area contributed by atoms with Gasteiger partial charge in [-0.3, -0.25) is 9.78 Å². The van der Waals surface area contributed by atoms with Gasteiger partial charge in [0, 0.05) is 24.9 Å². The van der Waals surface area contributed by atoms with Crippen LogP contribution < -0.4 is 10.1 Å². The molecule has 2 aromatic carbocycles. The van der Waals surface area contributed by atoms with Crippen molar-refractivity contribution < 1.29 is 18.3 Å². The molecule has 0 fully saturated rings. The molecule has 0 saturated carbocycles. The first kappa shape index (κ1) is 22.4. The molecule has 0 spiro atoms. The van der Waals surface area contributed by atoms with Crippen LogP contribution in [-0.4, -0.2) is 20.4 Å². The number of benzene rings is 2. The van der Waals surface area contributed by atoms with Gasteiger partial charge < -0.3 is 14.6 Å². The SMILES string of the molecule is CC(C)C(C(=O)NCc1cccc(OCc2ccccn2)c1)n1cnc2cc(F)c(F)cc21. The van der Waals surface area contributed by atoms with Crippen molar-refractivity contribution in [2.75, 3.05) is 0 Å². The number of carbonyl (C=O) groups is 1. The third kappa shape index (κ3) is 5.16. The predicted molar refractivity (Wildman–Crippen MR) is 120 cm³/mol. The molecular weight excluding hydrogens is 426 g/mol. The molecule has 6 nitrogen and oxygen atoms in total. The minimum atomic E-state index is -0.977. The Labute approximate surface area is 190 Å². The number of rotatable bonds is 8. The van der Waals surface area contributed by atoms with Crippen LogP contribution in [0.1, 0.15) is 31.1 Å². The van der Waals surface area contributed by atoms with Crippen LogP contribution in [0.4, 0.5) is 8.78 Å². The fourth-order valence-corrected chi connectivity index (χ4v) is 3.67. The lowest BCUT2D eigenvalue weighted by Gasteiger charge is -2.22. The Morgan fingerprint density at radius 1 is 1.06 bits per heavy atom. The second-order valence-corrected chi connectivity index (χ2v) is 8.07. The Hall–Kier alpha value is -3.81. The molecule has 1 unspecified atom stereocenters. The van der Waals surface area contributed by atoms with Gasteiger partial charge in [0.1, 0.15) is 18.4 Å². The Morgan fingerprint density at radius 3 is 2.64 bits per heavy atom. The van der Waals surface area contributed by atoms with Crippen molar-refractivity contribution in [2.45, 2.75) is 33.0 Å². The van der Waals surface area contributed by atoms with E-state index in [1.54, 1.807) is 10.8 Å². The van der Waals surface area contributed by atoms with Crippen molar-refractivity contribution in [3.8, 4) is 5.75 Å². The summed E-state index contributed by atoms with van der Waals surface area (Å²) in [6.45, 7) is 4.42. The summed E-state index contributed by atoms with van der Waals surface area (Å²) < 4.78 is 34.8. The smallest absolute Gasteiger partial charge is 0.243 e. The van der Waals surface area contributed by atoms with Crippen molar-refractivity contribution in [3.63, 3.8) is 0 Å². The number of hydrogen-bond donors (Lipinski definition) is 1. The highest BCUT2D eigenvalue weighted by Gasteiger charge is 2.26. The fourth-order valence-electron chi connectivity index (χ4n) is 3.67. The van der Waals surface area contributed by atoms with Gasteiger partial charge in [-0.15, -0.1) is 0 Å². The third-order valence-corrected chi connectivity index (χ3v) is 5.29. The standard InChI is InChI=1S/C25H24F2N4O2/c1-16(2)24(31-15-30-22-11-20(26)21(27)12-23(22)31)25(32)29-13-17-6-5-8-19(10-17)33-14-18-7-3-4-9-28-18/h3-12,15-16,24H,13-14H2,1-2H3,(H,29,32). The van der Waals surface area contributed by atoms with Crippen LogP contribution in [0.3, 0.4) is 0 Å². The van der Waals surface area contributed by atoms with E-state index in [4.69, 9.17) is 4.74 Å². The number of carbonyl (C=O) groups excluding carboxylic acids is 1. The Balaban J connectivity index is 1.45. The number of hydrogen-bond acceptors (Lipinski definition) is 4. The average molecular weight is 450 g/mol. The van der Waals surface area contributed by atoms with Crippen LogP contribution in [0.25, 0.3) is 11.0 Å². The first-order valence-electron chi connectivity index (χ1n) is 10.6. The van der Waals surface area contributed by atoms with Gasteiger partial charge in [0.05, 0.1) is 23.1 Å². The molecular formula is C25H24F2N4O2. The first-order chi connectivity index (χ1) is 15.9. The number of nitrogens with zero attached hydrogens (tertiary/aromatic N) is 3. The van der Waals surface area contributed by atoms with E-state index in [1.165, 1.54) is 6.33 Å². The van der Waals surface area contributed by atoms with Crippen molar-refractivity contribution in [1.29, 1.82) is 0 Å². The minimum Gasteiger partial charge on any atom is -0.487 e. The summed E-state index contributed by atoms with van der Waals surface area (Å²) in [7, 11) is 0. The van der Waals surface area contributed by atoms with Gasteiger partial charge in [-0.25, -0.2) is 13.8 Å². The molecule has 0 aliphatic rings. The summed E-state index contributed by atoms with van der Waals surface area (Å²) in [4.78, 5) is 21.5. The maximum absolute atomic E-state index is 13.8. The lowest BCUT2D eigenvalue weighted by atomic mass is 10.0. The number of ether oxygens (including phenoxy) is 1. The first-order valence-corrected chi connectivity index (χ1v) is 10.6. The highest BCUT2D eigenvalue weighted by Crippen LogP contribution is 2.26. The van der Waals surface area contributed by atoms with Gasteiger partial charge >= 0.3 is 0 Å². The average Bonchev–Trinajstić information content (AvgIpc) is 3.19. The van der Waals surface area contributed by atoms with E-state index in [2.05, 4.69) is 15.3 Å². The summed E-state index contributed by atoms with van der Waals surface area (Å²) in [5, 5.41) is 2.94. The molecule has 2 aromatic heterocycles. The van der Waals surface area contributed by atoms with E-state index < -0.39 is 17.7 Å². The Kier molecular flexibility index (Phi) is 6.63. The zero-order chi connectivity index (χ0) is 23.4. The number of halogens is 2. The highest BCUT2D eigenvalue weighted by atomic mass is 19.2. The van der Waals surface area contributed by atoms with Crippen LogP contribution in [0.2, 0.25) is 0 Å². The number of fused-ring (bicyclic) bond motifs is 1. The molecule has 4 aromatic rings. The molecule has 0 aliphatic heterocycles. The summed E-state index contributed by atoms with van der Waals surface area (Å²) >= 11 is 0. The van der Waals surface area contributed by atoms with Crippen LogP contribution >= 0.6 is 0 Å². The van der Waals surface area contributed by atoms with Crippen molar-refractivity contribution in [1.82, 2.24) is 19.9 Å². The van der Waals surface area contributed by atoms with E-state index in [-0.39, 0.29) is 11.8 Å². The van der Waals surface area contributed by atoms with E-state index in [1.807, 2.05) is 56.3 Å². The third-order valence-electron chi connectivity index (χ3n) is 5.29. The number of amides is 1. The molecule has 4 rings (SSSR count). The van der Waals surface area contributed by atoms with Crippen molar-refractivity contribution >= 4 is 16.9 Å². The van der Waals surface area contributed by atoms with Crippen LogP contribution in [0.15, 0.2) is 67.1 Å². The van der Waals surface area contributed by atoms with E-state index in [0.717, 1.165) is 23.4 Å². The summed E-state index contributed by atoms with van der Waals surface area (Å²) in [6, 6.07) is 14.6. The van der Waals surface area contributed by atoms with Crippen LogP contribution in [0, 0.1) is 17.6 Å². The molecule has 0 bridgehead atoms. The maximum Gasteiger partial charge on any atom is 0.243 e. The molecule has 1 N–H and O–H groups in total. The quantitative estimate of drug-likeness (QED) is 0.419. The summed E-state index contributed by atoms with van der Waals surface area (Å²) in [6.07, 6.45) is 3.16. The molecule has 1 atom stereocenters. The molecule has 0 aliphatic carbocycles. The molecule has 8 heteroatoms. The minimum absolute atomic E-state index is 0.108. The predicted octanol–water partition coefficient (Wildman–Crippen LogP) is 4.80. The zero-order valence-corrected chi connectivity index (χ0v) is 18.3. The number of nitrogens with one attached hydrogen (secondary N) is 1. The Morgan fingerprint density at radius 2 is 1.88 bits per heavy atom. The monoisotopic (exact) mass is 450 g/mol. The summed E-state index contributed by atoms with van der Waals surface area (Å²) in [5.74, 6) is -1.62. The second-order valence-electron chi connectivity index (χ2n) is 8.07. The van der Waals surface area contributed by atoms with Crippen molar-refractivity contribution in [2.24, 2.45) is 5.92 Å². The zero-order valence-electron chi connectivity index (χ0n) is 18.3. The van der Waals surface area contributed by atoms with E-state index >= 15 is 0 Å². The molecule has 170 valence electrons. The highest BCUT2D eigenvalue weighted by molar-refractivity contribution is 5.84. The van der Waals surface area contributed by atoms with E-state index in [9.17, 15) is 13.6 Å². The Bertz CT molecular complexity index is 1260. The second kappa shape index (κ2) is 9.77. The number of imidazole rings is 1. The van der Waals surface area contributed by atoms with E-state index in [0.29, 0.717) is 29.9 Å². The lowest BCUT2D eigenvalue weighted by Crippen LogP contribution is -2.34. The van der Waals surface area contributed by atoms with Crippen LogP contribution in [-0.2, 0) is 17.9 Å². The fraction of sp³-hybridized carbons (Fsp3) is 0.240. The molecule has 0 saturated heterocycles. The maximum atomic E-state index is 13.8. The molecule has 33 heavy (non-hydrogen) atoms. The van der Waals surface area contributed by atoms with Gasteiger partial charge in [0.2, 0.25) is 5.91 Å². The number of pyridine rings is 1. The normalized spacial score (nSPS) is 12.2.